The minimum absolute atomic E-state index is 0.109. The molecule has 21 heavy (non-hydrogen) atoms. The van der Waals surface area contributed by atoms with E-state index in [9.17, 15) is 4.79 Å². The highest BCUT2D eigenvalue weighted by atomic mass is 16.5. The summed E-state index contributed by atoms with van der Waals surface area (Å²) in [6.07, 6.45) is 1.90. The van der Waals surface area contributed by atoms with E-state index in [0.717, 1.165) is 49.9 Å². The Morgan fingerprint density at radius 1 is 1.33 bits per heavy atom. The quantitative estimate of drug-likeness (QED) is 0.854. The first-order valence-electron chi connectivity index (χ1n) is 7.18. The molecule has 1 aliphatic rings. The molecule has 3 heterocycles. The van der Waals surface area contributed by atoms with Gasteiger partial charge in [0.15, 0.2) is 5.76 Å². The van der Waals surface area contributed by atoms with Crippen molar-refractivity contribution in [2.45, 2.75) is 13.5 Å². The predicted octanol–water partition coefficient (Wildman–Crippen LogP) is 1.28. The number of hydrogen-bond acceptors (Lipinski definition) is 4. The largest absolute Gasteiger partial charge is 0.360 e. The molecule has 112 valence electrons. The second-order valence-corrected chi connectivity index (χ2v) is 5.51. The number of aromatic nitrogens is 2. The number of piperazine rings is 1. The van der Waals surface area contributed by atoms with Gasteiger partial charge in [-0.2, -0.15) is 0 Å². The van der Waals surface area contributed by atoms with E-state index in [2.05, 4.69) is 10.1 Å². The molecule has 3 rings (SSSR count). The lowest BCUT2D eigenvalue weighted by atomic mass is 10.2. The number of hydrogen-bond donors (Lipinski definition) is 0. The van der Waals surface area contributed by atoms with Gasteiger partial charge in [0.1, 0.15) is 5.69 Å². The second-order valence-electron chi connectivity index (χ2n) is 5.51. The van der Waals surface area contributed by atoms with Gasteiger partial charge < -0.3 is 14.0 Å². The lowest BCUT2D eigenvalue weighted by Crippen LogP contribution is -2.48. The van der Waals surface area contributed by atoms with E-state index >= 15 is 0 Å². The first-order valence-corrected chi connectivity index (χ1v) is 7.18. The highest BCUT2D eigenvalue weighted by molar-refractivity contribution is 5.92. The molecule has 6 nitrogen and oxygen atoms in total. The minimum Gasteiger partial charge on any atom is -0.360 e. The van der Waals surface area contributed by atoms with Crippen LogP contribution in [-0.2, 0) is 13.6 Å². The van der Waals surface area contributed by atoms with Crippen LogP contribution < -0.4 is 0 Å². The fraction of sp³-hybridized carbons (Fsp3) is 0.467. The van der Waals surface area contributed by atoms with Crippen LogP contribution in [0.5, 0.6) is 0 Å². The Morgan fingerprint density at radius 3 is 2.67 bits per heavy atom. The Bertz CT molecular complexity index is 623. The SMILES string of the molecule is Cc1cc(CN2CCN(C(=O)c3cccn3C)CC2)on1. The molecule has 0 saturated carbocycles. The zero-order valence-corrected chi connectivity index (χ0v) is 12.5. The van der Waals surface area contributed by atoms with Crippen molar-refractivity contribution >= 4 is 5.91 Å². The number of nitrogens with zero attached hydrogens (tertiary/aromatic N) is 4. The first-order chi connectivity index (χ1) is 10.1. The van der Waals surface area contributed by atoms with Crippen LogP contribution in [-0.4, -0.2) is 51.6 Å². The molecule has 0 atom stereocenters. The third-order valence-corrected chi connectivity index (χ3v) is 3.88. The van der Waals surface area contributed by atoms with Crippen molar-refractivity contribution < 1.29 is 9.32 Å². The first kappa shape index (κ1) is 13.9. The van der Waals surface area contributed by atoms with E-state index < -0.39 is 0 Å². The van der Waals surface area contributed by atoms with Crippen LogP contribution in [0.4, 0.5) is 0 Å². The summed E-state index contributed by atoms with van der Waals surface area (Å²) in [4.78, 5) is 16.6. The summed E-state index contributed by atoms with van der Waals surface area (Å²) in [7, 11) is 1.90. The summed E-state index contributed by atoms with van der Waals surface area (Å²) in [6, 6.07) is 5.73. The lowest BCUT2D eigenvalue weighted by molar-refractivity contribution is 0.0608. The molecule has 6 heteroatoms. The Morgan fingerprint density at radius 2 is 2.10 bits per heavy atom. The highest BCUT2D eigenvalue weighted by Gasteiger charge is 2.23. The van der Waals surface area contributed by atoms with Gasteiger partial charge in [0.05, 0.1) is 12.2 Å². The summed E-state index contributed by atoms with van der Waals surface area (Å²) < 4.78 is 7.11. The number of rotatable bonds is 3. The number of aryl methyl sites for hydroxylation is 2. The molecule has 1 amide bonds. The molecule has 0 N–H and O–H groups in total. The van der Waals surface area contributed by atoms with Crippen LogP contribution in [0.25, 0.3) is 0 Å². The summed E-state index contributed by atoms with van der Waals surface area (Å²) in [5.41, 5.74) is 1.65. The van der Waals surface area contributed by atoms with Gasteiger partial charge in [-0.1, -0.05) is 5.16 Å². The second kappa shape index (κ2) is 5.73. The van der Waals surface area contributed by atoms with Gasteiger partial charge in [-0.25, -0.2) is 0 Å². The van der Waals surface area contributed by atoms with Crippen LogP contribution in [0.1, 0.15) is 21.9 Å². The third kappa shape index (κ3) is 3.00. The average molecular weight is 288 g/mol. The maximum atomic E-state index is 12.4. The molecule has 0 unspecified atom stereocenters. The zero-order valence-electron chi connectivity index (χ0n) is 12.5. The Balaban J connectivity index is 1.55. The fourth-order valence-electron chi connectivity index (χ4n) is 2.67. The van der Waals surface area contributed by atoms with Crippen molar-refractivity contribution in [2.24, 2.45) is 7.05 Å². The minimum atomic E-state index is 0.109. The van der Waals surface area contributed by atoms with E-state index in [-0.39, 0.29) is 5.91 Å². The summed E-state index contributed by atoms with van der Waals surface area (Å²) in [6.45, 7) is 5.89. The molecule has 0 bridgehead atoms. The van der Waals surface area contributed by atoms with Crippen molar-refractivity contribution in [1.29, 1.82) is 0 Å². The van der Waals surface area contributed by atoms with Crippen molar-refractivity contribution in [2.75, 3.05) is 26.2 Å². The summed E-state index contributed by atoms with van der Waals surface area (Å²) in [5, 5.41) is 3.90. The molecule has 1 saturated heterocycles. The Labute approximate surface area is 123 Å². The fourth-order valence-corrected chi connectivity index (χ4v) is 2.67. The average Bonchev–Trinajstić information content (AvgIpc) is 3.08. The molecular weight excluding hydrogens is 268 g/mol. The van der Waals surface area contributed by atoms with Gasteiger partial charge >= 0.3 is 0 Å². The molecule has 0 radical (unpaired) electrons. The molecule has 1 aliphatic heterocycles. The molecule has 0 aromatic carbocycles. The lowest BCUT2D eigenvalue weighted by Gasteiger charge is -2.34. The van der Waals surface area contributed by atoms with Crippen LogP contribution in [0.2, 0.25) is 0 Å². The van der Waals surface area contributed by atoms with E-state index in [1.807, 2.05) is 47.8 Å². The van der Waals surface area contributed by atoms with Gasteiger partial charge in [0, 0.05) is 45.5 Å². The van der Waals surface area contributed by atoms with Crippen LogP contribution >= 0.6 is 0 Å². The van der Waals surface area contributed by atoms with Gasteiger partial charge in [0.25, 0.3) is 5.91 Å². The van der Waals surface area contributed by atoms with Crippen molar-refractivity contribution in [3.05, 3.63) is 41.5 Å². The van der Waals surface area contributed by atoms with Crippen molar-refractivity contribution in [3.8, 4) is 0 Å². The molecule has 2 aromatic heterocycles. The van der Waals surface area contributed by atoms with Gasteiger partial charge in [-0.3, -0.25) is 9.69 Å². The number of carbonyl (C=O) groups is 1. The Hall–Kier alpha value is -2.08. The van der Waals surface area contributed by atoms with Crippen LogP contribution in [0.3, 0.4) is 0 Å². The van der Waals surface area contributed by atoms with Crippen LogP contribution in [0, 0.1) is 6.92 Å². The van der Waals surface area contributed by atoms with Gasteiger partial charge in [-0.05, 0) is 19.1 Å². The van der Waals surface area contributed by atoms with E-state index in [0.29, 0.717) is 0 Å². The van der Waals surface area contributed by atoms with Gasteiger partial charge in [0.2, 0.25) is 0 Å². The zero-order chi connectivity index (χ0) is 14.8. The smallest absolute Gasteiger partial charge is 0.270 e. The van der Waals surface area contributed by atoms with E-state index in [1.54, 1.807) is 0 Å². The molecule has 0 aliphatic carbocycles. The topological polar surface area (TPSA) is 54.5 Å². The van der Waals surface area contributed by atoms with E-state index in [4.69, 9.17) is 4.52 Å². The summed E-state index contributed by atoms with van der Waals surface area (Å²) in [5.74, 6) is 0.993. The molecule has 2 aromatic rings. The van der Waals surface area contributed by atoms with Crippen LogP contribution in [0.15, 0.2) is 28.9 Å². The monoisotopic (exact) mass is 288 g/mol. The highest BCUT2D eigenvalue weighted by Crippen LogP contribution is 2.12. The standard InChI is InChI=1S/C15H20N4O2/c1-12-10-13(21-16-12)11-18-6-8-19(9-7-18)15(20)14-4-3-5-17(14)2/h3-5,10H,6-9,11H2,1-2H3. The Kier molecular flexibility index (Phi) is 3.79. The maximum absolute atomic E-state index is 12.4. The molecule has 0 spiro atoms. The van der Waals surface area contributed by atoms with Crippen molar-refractivity contribution in [1.82, 2.24) is 19.5 Å². The third-order valence-electron chi connectivity index (χ3n) is 3.88. The molecular formula is C15H20N4O2. The van der Waals surface area contributed by atoms with E-state index in [1.165, 1.54) is 0 Å². The van der Waals surface area contributed by atoms with Gasteiger partial charge in [-0.15, -0.1) is 0 Å². The molecule has 1 fully saturated rings. The predicted molar refractivity (Wildman–Crippen MR) is 77.8 cm³/mol. The number of carbonyl (C=O) groups excluding carboxylic acids is 1. The normalized spacial score (nSPS) is 16.4. The number of amides is 1. The summed E-state index contributed by atoms with van der Waals surface area (Å²) >= 11 is 0. The van der Waals surface area contributed by atoms with Crippen molar-refractivity contribution in [3.63, 3.8) is 0 Å². The maximum Gasteiger partial charge on any atom is 0.270 e.